The maximum absolute atomic E-state index is 6.63. The fourth-order valence-electron chi connectivity index (χ4n) is 8.43. The van der Waals surface area contributed by atoms with Crippen LogP contribution in [0.2, 0.25) is 0 Å². The van der Waals surface area contributed by atoms with Gasteiger partial charge in [-0.05, 0) is 57.7 Å². The maximum Gasteiger partial charge on any atom is 0.420 e. The molecule has 0 saturated heterocycles. The Morgan fingerprint density at radius 2 is 1.06 bits per heavy atom. The summed E-state index contributed by atoms with van der Waals surface area (Å²) in [6.45, 7) is -0.214. The number of ether oxygens (including phenoxy) is 1. The summed E-state index contributed by atoms with van der Waals surface area (Å²) in [6, 6.07) is 80.2. The molecule has 8 heteroatoms. The molecular weight excluding hydrogens is 941 g/mol. The second-order valence-corrected chi connectivity index (χ2v) is 14.8. The number of aromatic nitrogens is 3. The number of imidazole rings is 1. The Labute approximate surface area is 376 Å². The molecule has 0 N–H and O–H groups in total. The zero-order valence-corrected chi connectivity index (χ0v) is 35.6. The zero-order chi connectivity index (χ0) is 40.5. The van der Waals surface area contributed by atoms with Gasteiger partial charge in [0.15, 0.2) is 0 Å². The van der Waals surface area contributed by atoms with Crippen LogP contribution < -0.4 is 24.4 Å². The van der Waals surface area contributed by atoms with Gasteiger partial charge in [-0.1, -0.05) is 157 Å². The van der Waals surface area contributed by atoms with Crippen molar-refractivity contribution < 1.29 is 30.4 Å². The number of nitrogens with zero attached hydrogens (tertiary/aromatic N) is 5. The van der Waals surface area contributed by atoms with Crippen LogP contribution in [0, 0.1) is 18.5 Å². The molecule has 8 aromatic carbocycles. The van der Waals surface area contributed by atoms with E-state index >= 15 is 0 Å². The van der Waals surface area contributed by atoms with Gasteiger partial charge in [0.05, 0.1) is 22.4 Å². The Hall–Kier alpha value is -7.47. The van der Waals surface area contributed by atoms with Gasteiger partial charge in [0.25, 0.3) is 6.33 Å². The van der Waals surface area contributed by atoms with Crippen LogP contribution >= 0.6 is 0 Å². The molecule has 0 radical (unpaired) electrons. The first-order chi connectivity index (χ1) is 30.3. The summed E-state index contributed by atoms with van der Waals surface area (Å²) in [5.41, 5.74) is 12.4. The second kappa shape index (κ2) is 16.9. The van der Waals surface area contributed by atoms with Gasteiger partial charge in [-0.2, -0.15) is 18.2 Å². The van der Waals surface area contributed by atoms with Crippen molar-refractivity contribution >= 4 is 46.4 Å². The van der Waals surface area contributed by atoms with E-state index in [4.69, 9.17) is 9.72 Å². The van der Waals surface area contributed by atoms with Crippen LogP contribution in [0.5, 0.6) is 11.5 Å². The molecule has 1 aliphatic rings. The van der Waals surface area contributed by atoms with Crippen LogP contribution in [0.3, 0.4) is 0 Å². The third kappa shape index (κ3) is 7.06. The predicted molar refractivity (Wildman–Crippen MR) is 245 cm³/mol. The minimum Gasteiger partial charge on any atom is -0.510 e. The Morgan fingerprint density at radius 1 is 0.500 bits per heavy atom. The van der Waals surface area contributed by atoms with Gasteiger partial charge in [0.2, 0.25) is 0 Å². The Morgan fingerprint density at radius 3 is 1.74 bits per heavy atom. The van der Waals surface area contributed by atoms with Crippen molar-refractivity contribution in [2.45, 2.75) is 0 Å². The first-order valence-electron chi connectivity index (χ1n) is 20.3. The van der Waals surface area contributed by atoms with Crippen LogP contribution in [0.4, 0.5) is 22.9 Å². The summed E-state index contributed by atoms with van der Waals surface area (Å²) in [6.07, 6.45) is 5.59. The normalized spacial score (nSPS) is 12.0. The van der Waals surface area contributed by atoms with E-state index in [1.165, 1.54) is 0 Å². The van der Waals surface area contributed by atoms with Crippen molar-refractivity contribution in [2.75, 3.05) is 9.62 Å². The fraction of sp³-hybridized carbons (Fsp3) is 0. The molecule has 0 aliphatic carbocycles. The topological polar surface area (TPSA) is 37.4 Å². The quantitative estimate of drug-likeness (QED) is 0.0821. The number of hydrogen-bond donors (Lipinski definition) is 0. The zero-order valence-electron chi connectivity index (χ0n) is 33.3. The van der Waals surface area contributed by atoms with Gasteiger partial charge in [0.1, 0.15) is 5.82 Å². The largest absolute Gasteiger partial charge is 0.510 e. The van der Waals surface area contributed by atoms with Gasteiger partial charge < -0.3 is 18.9 Å². The molecule has 1 aliphatic heterocycles. The van der Waals surface area contributed by atoms with Crippen molar-refractivity contribution in [3.63, 3.8) is 0 Å². The van der Waals surface area contributed by atoms with E-state index in [1.807, 2.05) is 54.7 Å². The molecule has 0 unspecified atom stereocenters. The van der Waals surface area contributed by atoms with Gasteiger partial charge >= 0.3 is 6.98 Å². The molecule has 62 heavy (non-hydrogen) atoms. The number of para-hydroxylation sites is 4. The number of rotatable bonds is 9. The van der Waals surface area contributed by atoms with E-state index < -0.39 is 0 Å². The first kappa shape index (κ1) is 38.7. The van der Waals surface area contributed by atoms with Crippen molar-refractivity contribution in [1.29, 1.82) is 0 Å². The van der Waals surface area contributed by atoms with E-state index in [2.05, 4.69) is 201 Å². The summed E-state index contributed by atoms with van der Waals surface area (Å²) in [7, 11) is 0. The minimum absolute atomic E-state index is 0. The van der Waals surface area contributed by atoms with Gasteiger partial charge in [0, 0.05) is 44.4 Å². The number of benzene rings is 8. The minimum atomic E-state index is -0.214. The molecule has 6 nitrogen and oxygen atoms in total. The Balaban J connectivity index is 0.00000458. The van der Waals surface area contributed by atoms with E-state index in [0.29, 0.717) is 11.5 Å². The molecule has 0 spiro atoms. The van der Waals surface area contributed by atoms with E-state index in [1.54, 1.807) is 0 Å². The van der Waals surface area contributed by atoms with E-state index in [0.717, 1.165) is 73.0 Å². The fourth-order valence-corrected chi connectivity index (χ4v) is 8.43. The van der Waals surface area contributed by atoms with Crippen LogP contribution in [-0.4, -0.2) is 16.5 Å². The second-order valence-electron chi connectivity index (χ2n) is 14.8. The van der Waals surface area contributed by atoms with Crippen molar-refractivity contribution in [3.8, 4) is 45.1 Å². The standard InChI is InChI=1S/C54H36BN5O.Pt/c1-5-19-40(20-6-1)48-31-17-32-49(41-21-7-2-8-22-41)53(48)58-39-57(50-33-13-14-34-51(50)58)44-27-15-29-46(37-44)61-47-30-16-28-45(38-47)60-54-52(35-18-36-56-54)59(43-25-11-4-12-26-43)55(60)42-23-9-3-10-24-42;/h1-36H;/q-2;. The Bertz CT molecular complexity index is 3090. The molecule has 0 fully saturated rings. The predicted octanol–water partition coefficient (Wildman–Crippen LogP) is 11.5. The van der Waals surface area contributed by atoms with Crippen LogP contribution in [-0.2, 0) is 21.1 Å². The molecule has 3 heterocycles. The van der Waals surface area contributed by atoms with Crippen LogP contribution in [0.15, 0.2) is 219 Å². The number of hydrogen-bond acceptors (Lipinski definition) is 4. The molecule has 298 valence electrons. The summed E-state index contributed by atoms with van der Waals surface area (Å²) < 4.78 is 10.9. The van der Waals surface area contributed by atoms with Crippen LogP contribution in [0.25, 0.3) is 44.7 Å². The summed E-state index contributed by atoms with van der Waals surface area (Å²) in [4.78, 5) is 9.50. The molecule has 0 saturated carbocycles. The van der Waals surface area contributed by atoms with Gasteiger partial charge in [-0.25, -0.2) is 4.98 Å². The van der Waals surface area contributed by atoms with E-state index in [-0.39, 0.29) is 28.0 Å². The van der Waals surface area contributed by atoms with Gasteiger partial charge in [-0.15, -0.1) is 30.3 Å². The molecule has 10 aromatic rings. The maximum atomic E-state index is 6.63. The van der Waals surface area contributed by atoms with Crippen LogP contribution in [0.1, 0.15) is 0 Å². The summed E-state index contributed by atoms with van der Waals surface area (Å²) >= 11 is 0. The number of fused-ring (bicyclic) bond motifs is 2. The smallest absolute Gasteiger partial charge is 0.420 e. The number of anilines is 4. The third-order valence-corrected chi connectivity index (χ3v) is 11.1. The summed E-state index contributed by atoms with van der Waals surface area (Å²) in [5, 5.41) is 0. The molecule has 11 rings (SSSR count). The molecular formula is C54H36BN5OPt-2. The molecule has 2 aromatic heterocycles. The van der Waals surface area contributed by atoms with E-state index in [9.17, 15) is 0 Å². The average Bonchev–Trinajstić information content (AvgIpc) is 3.90. The average molecular weight is 977 g/mol. The monoisotopic (exact) mass is 976 g/mol. The van der Waals surface area contributed by atoms with Crippen molar-refractivity contribution in [1.82, 2.24) is 9.55 Å². The molecule has 0 amide bonds. The number of pyridine rings is 1. The summed E-state index contributed by atoms with van der Waals surface area (Å²) in [5.74, 6) is 1.97. The van der Waals surface area contributed by atoms with Crippen molar-refractivity contribution in [3.05, 3.63) is 237 Å². The molecule has 0 atom stereocenters. The molecule has 0 bridgehead atoms. The Kier molecular flexibility index (Phi) is 10.5. The SMILES string of the molecule is [Pt].[c-]1c(Oc2[c-]c(-n3[c-][n+](-c4c(-c5ccccc5)cccc4-c4ccccc4)c4ccccc43)ccc2)cccc1N1B(c2ccccc2)N(c2ccccc2)c2cccnc21. The van der Waals surface area contributed by atoms with Gasteiger partial charge in [-0.3, -0.25) is 4.57 Å². The third-order valence-electron chi connectivity index (χ3n) is 11.1. The first-order valence-corrected chi connectivity index (χ1v) is 20.3. The van der Waals surface area contributed by atoms with Crippen molar-refractivity contribution in [2.24, 2.45) is 0 Å².